The minimum Gasteiger partial charge on any atom is -0.422 e. The summed E-state index contributed by atoms with van der Waals surface area (Å²) in [6, 6.07) is 25.7. The molecule has 0 spiro atoms. The normalized spacial score (nSPS) is 11.2. The standard InChI is InChI=1S/C32H25BrClN3O3/c1-3-20-7-6-9-25-28(24-8-4-5-10-26(24)34)30(36-29(20)25)31(38)37-35-18-22-17-23(33)15-16-27(22)40-32(39)21-13-11-19(2)12-14-21/h4-18,36H,3H2,1-2H3,(H,37,38). The summed E-state index contributed by atoms with van der Waals surface area (Å²) >= 11 is 10.00. The average molecular weight is 615 g/mol. The summed E-state index contributed by atoms with van der Waals surface area (Å²) in [6.07, 6.45) is 2.24. The highest BCUT2D eigenvalue weighted by Crippen LogP contribution is 2.37. The number of esters is 1. The van der Waals surface area contributed by atoms with Crippen LogP contribution in [0.25, 0.3) is 22.0 Å². The molecular formula is C32H25BrClN3O3. The lowest BCUT2D eigenvalue weighted by molar-refractivity contribution is 0.0734. The van der Waals surface area contributed by atoms with E-state index in [1.54, 1.807) is 36.4 Å². The van der Waals surface area contributed by atoms with Crippen molar-refractivity contribution in [1.29, 1.82) is 0 Å². The van der Waals surface area contributed by atoms with Crippen LogP contribution in [0.4, 0.5) is 0 Å². The van der Waals surface area contributed by atoms with Crippen molar-refractivity contribution in [3.8, 4) is 16.9 Å². The number of nitrogens with one attached hydrogen (secondary N) is 2. The first-order chi connectivity index (χ1) is 19.4. The fraction of sp³-hybridized carbons (Fsp3) is 0.0938. The summed E-state index contributed by atoms with van der Waals surface area (Å²) in [4.78, 5) is 29.5. The van der Waals surface area contributed by atoms with Gasteiger partial charge in [-0.15, -0.1) is 0 Å². The van der Waals surface area contributed by atoms with Crippen LogP contribution in [-0.2, 0) is 6.42 Å². The molecule has 0 fully saturated rings. The van der Waals surface area contributed by atoms with Crippen LogP contribution in [0.2, 0.25) is 5.02 Å². The number of halogens is 2. The lowest BCUT2D eigenvalue weighted by atomic mass is 9.99. The molecule has 1 heterocycles. The van der Waals surface area contributed by atoms with E-state index in [9.17, 15) is 9.59 Å². The van der Waals surface area contributed by atoms with Gasteiger partial charge in [-0.2, -0.15) is 5.10 Å². The van der Waals surface area contributed by atoms with Crippen molar-refractivity contribution < 1.29 is 14.3 Å². The SMILES string of the molecule is CCc1cccc2c(-c3ccccc3Cl)c(C(=O)NN=Cc3cc(Br)ccc3OC(=O)c3ccc(C)cc3)[nH]c12. The van der Waals surface area contributed by atoms with Crippen molar-refractivity contribution in [2.45, 2.75) is 20.3 Å². The van der Waals surface area contributed by atoms with Crippen molar-refractivity contribution >= 4 is 56.5 Å². The van der Waals surface area contributed by atoms with Crippen LogP contribution in [0.3, 0.4) is 0 Å². The van der Waals surface area contributed by atoms with Crippen molar-refractivity contribution in [2.75, 3.05) is 0 Å². The van der Waals surface area contributed by atoms with E-state index in [1.807, 2.05) is 55.5 Å². The first-order valence-electron chi connectivity index (χ1n) is 12.7. The molecule has 40 heavy (non-hydrogen) atoms. The van der Waals surface area contributed by atoms with Gasteiger partial charge < -0.3 is 9.72 Å². The average Bonchev–Trinajstić information content (AvgIpc) is 3.34. The zero-order chi connectivity index (χ0) is 28.2. The summed E-state index contributed by atoms with van der Waals surface area (Å²) in [5.41, 5.74) is 8.36. The molecule has 1 aromatic heterocycles. The molecule has 0 unspecified atom stereocenters. The monoisotopic (exact) mass is 613 g/mol. The minimum atomic E-state index is -0.491. The van der Waals surface area contributed by atoms with Crippen LogP contribution in [0.1, 0.15) is 44.5 Å². The third kappa shape index (κ3) is 5.71. The fourth-order valence-electron chi connectivity index (χ4n) is 4.46. The molecular weight excluding hydrogens is 590 g/mol. The van der Waals surface area contributed by atoms with Gasteiger partial charge in [-0.25, -0.2) is 10.2 Å². The third-order valence-corrected chi connectivity index (χ3v) is 7.33. The number of hydrogen-bond donors (Lipinski definition) is 2. The number of para-hydroxylation sites is 1. The molecule has 1 amide bonds. The van der Waals surface area contributed by atoms with Crippen LogP contribution >= 0.6 is 27.5 Å². The maximum atomic E-state index is 13.5. The number of aromatic nitrogens is 1. The second-order valence-electron chi connectivity index (χ2n) is 9.18. The third-order valence-electron chi connectivity index (χ3n) is 6.50. The Labute approximate surface area is 245 Å². The van der Waals surface area contributed by atoms with E-state index in [0.29, 0.717) is 33.2 Å². The van der Waals surface area contributed by atoms with Crippen molar-refractivity contribution in [3.05, 3.63) is 122 Å². The minimum absolute atomic E-state index is 0.307. The smallest absolute Gasteiger partial charge is 0.343 e. The van der Waals surface area contributed by atoms with Crippen LogP contribution in [0.5, 0.6) is 5.75 Å². The fourth-order valence-corrected chi connectivity index (χ4v) is 5.07. The summed E-state index contributed by atoms with van der Waals surface area (Å²) in [5, 5.41) is 5.63. The summed E-state index contributed by atoms with van der Waals surface area (Å²) in [5.74, 6) is -0.616. The van der Waals surface area contributed by atoms with Gasteiger partial charge in [0.25, 0.3) is 5.91 Å². The topological polar surface area (TPSA) is 83.5 Å². The largest absolute Gasteiger partial charge is 0.422 e. The second-order valence-corrected chi connectivity index (χ2v) is 10.5. The molecule has 0 aliphatic carbocycles. The Morgan fingerprint density at radius 2 is 1.80 bits per heavy atom. The second kappa shape index (κ2) is 11.9. The zero-order valence-corrected chi connectivity index (χ0v) is 24.1. The number of nitrogens with zero attached hydrogens (tertiary/aromatic N) is 1. The van der Waals surface area contributed by atoms with Gasteiger partial charge in [-0.3, -0.25) is 4.79 Å². The van der Waals surface area contributed by atoms with E-state index in [0.717, 1.165) is 38.5 Å². The first-order valence-corrected chi connectivity index (χ1v) is 13.8. The van der Waals surface area contributed by atoms with Gasteiger partial charge in [-0.05, 0) is 55.3 Å². The Balaban J connectivity index is 1.44. The number of hydrazone groups is 1. The molecule has 0 radical (unpaired) electrons. The number of H-pyrrole nitrogens is 1. The molecule has 0 saturated heterocycles. The molecule has 0 aliphatic rings. The zero-order valence-electron chi connectivity index (χ0n) is 21.8. The molecule has 2 N–H and O–H groups in total. The van der Waals surface area contributed by atoms with Crippen molar-refractivity contribution in [2.24, 2.45) is 5.10 Å². The molecule has 8 heteroatoms. The van der Waals surface area contributed by atoms with Gasteiger partial charge in [0.2, 0.25) is 0 Å². The highest BCUT2D eigenvalue weighted by molar-refractivity contribution is 9.10. The van der Waals surface area contributed by atoms with Gasteiger partial charge in [0, 0.05) is 37.1 Å². The predicted octanol–water partition coefficient (Wildman–Crippen LogP) is 8.10. The Bertz CT molecular complexity index is 1760. The lowest BCUT2D eigenvalue weighted by Crippen LogP contribution is -2.19. The highest BCUT2D eigenvalue weighted by atomic mass is 79.9. The maximum Gasteiger partial charge on any atom is 0.343 e. The molecule has 6 nitrogen and oxygen atoms in total. The summed E-state index contributed by atoms with van der Waals surface area (Å²) < 4.78 is 6.40. The van der Waals surface area contributed by atoms with E-state index in [-0.39, 0.29) is 0 Å². The van der Waals surface area contributed by atoms with Crippen LogP contribution in [0, 0.1) is 6.92 Å². The van der Waals surface area contributed by atoms with Crippen LogP contribution in [-0.4, -0.2) is 23.1 Å². The van der Waals surface area contributed by atoms with Gasteiger partial charge in [0.05, 0.1) is 11.8 Å². The predicted molar refractivity (Wildman–Crippen MR) is 163 cm³/mol. The molecule has 200 valence electrons. The molecule has 5 rings (SSSR count). The number of amides is 1. The summed E-state index contributed by atoms with van der Waals surface area (Å²) in [6.45, 7) is 4.01. The van der Waals surface area contributed by atoms with E-state index >= 15 is 0 Å². The molecule has 4 aromatic carbocycles. The highest BCUT2D eigenvalue weighted by Gasteiger charge is 2.22. The molecule has 5 aromatic rings. The number of rotatable bonds is 7. The van der Waals surface area contributed by atoms with Gasteiger partial charge in [0.15, 0.2) is 0 Å². The quantitative estimate of drug-likeness (QED) is 0.0841. The van der Waals surface area contributed by atoms with Crippen molar-refractivity contribution in [1.82, 2.24) is 10.4 Å². The van der Waals surface area contributed by atoms with E-state index in [1.165, 1.54) is 6.21 Å². The first kappa shape index (κ1) is 27.4. The van der Waals surface area contributed by atoms with Gasteiger partial charge in [-0.1, -0.05) is 88.5 Å². The van der Waals surface area contributed by atoms with Crippen LogP contribution in [0.15, 0.2) is 94.5 Å². The Kier molecular flexibility index (Phi) is 8.14. The number of fused-ring (bicyclic) bond motifs is 1. The van der Waals surface area contributed by atoms with Crippen LogP contribution < -0.4 is 10.2 Å². The van der Waals surface area contributed by atoms with Crippen molar-refractivity contribution in [3.63, 3.8) is 0 Å². The van der Waals surface area contributed by atoms with E-state index < -0.39 is 11.9 Å². The van der Waals surface area contributed by atoms with E-state index in [4.69, 9.17) is 16.3 Å². The lowest BCUT2D eigenvalue weighted by Gasteiger charge is -2.09. The molecule has 0 saturated carbocycles. The maximum absolute atomic E-state index is 13.5. The molecule has 0 aliphatic heterocycles. The Hall–Kier alpha value is -4.20. The molecule has 0 bridgehead atoms. The number of aryl methyl sites for hydroxylation is 2. The molecule has 0 atom stereocenters. The van der Waals surface area contributed by atoms with E-state index in [2.05, 4.69) is 38.4 Å². The van der Waals surface area contributed by atoms with Gasteiger partial charge >= 0.3 is 5.97 Å². The number of carbonyl (C=O) groups is 2. The number of benzene rings is 4. The Morgan fingerprint density at radius 3 is 2.55 bits per heavy atom. The Morgan fingerprint density at radius 1 is 1.02 bits per heavy atom. The number of aromatic amines is 1. The summed E-state index contributed by atoms with van der Waals surface area (Å²) in [7, 11) is 0. The van der Waals surface area contributed by atoms with Gasteiger partial charge in [0.1, 0.15) is 11.4 Å². The number of carbonyl (C=O) groups excluding carboxylic acids is 2. The number of ether oxygens (including phenoxy) is 1. The number of hydrogen-bond acceptors (Lipinski definition) is 4.